The van der Waals surface area contributed by atoms with Gasteiger partial charge in [-0.2, -0.15) is 4.98 Å². The van der Waals surface area contributed by atoms with Gasteiger partial charge in [-0.05, 0) is 25.0 Å². The number of oxazole rings is 1. The van der Waals surface area contributed by atoms with Gasteiger partial charge in [0.05, 0.1) is 5.52 Å². The van der Waals surface area contributed by atoms with Crippen molar-refractivity contribution < 1.29 is 8.94 Å². The largest absolute Gasteiger partial charge is 0.448 e. The first-order chi connectivity index (χ1) is 12.8. The van der Waals surface area contributed by atoms with Crippen LogP contribution < -0.4 is 5.32 Å². The van der Waals surface area contributed by atoms with E-state index in [0.29, 0.717) is 23.3 Å². The molecule has 7 nitrogen and oxygen atoms in total. The molecule has 3 heterocycles. The van der Waals surface area contributed by atoms with Gasteiger partial charge in [0.1, 0.15) is 12.1 Å². The number of nitrogens with zero attached hydrogens (tertiary/aromatic N) is 4. The first-order valence-corrected chi connectivity index (χ1v) is 8.69. The minimum atomic E-state index is 0.362. The van der Waals surface area contributed by atoms with Crippen molar-refractivity contribution in [2.45, 2.75) is 25.2 Å². The summed E-state index contributed by atoms with van der Waals surface area (Å²) in [6, 6.07) is 9.80. The maximum absolute atomic E-state index is 5.59. The van der Waals surface area contributed by atoms with E-state index in [1.165, 1.54) is 6.42 Å². The van der Waals surface area contributed by atoms with Crippen LogP contribution in [0.1, 0.15) is 31.1 Å². The first-order valence-electron chi connectivity index (χ1n) is 8.69. The molecule has 3 aromatic heterocycles. The second-order valence-corrected chi connectivity index (χ2v) is 6.44. The van der Waals surface area contributed by atoms with Gasteiger partial charge in [0.25, 0.3) is 5.89 Å². The average Bonchev–Trinajstić information content (AvgIpc) is 3.29. The van der Waals surface area contributed by atoms with Gasteiger partial charge < -0.3 is 14.3 Å². The van der Waals surface area contributed by atoms with Crippen LogP contribution in [0.15, 0.2) is 45.5 Å². The SMILES string of the molecule is CNc1cc(-c2noc(-c3coc(C4CCC4)n3)n2)c2ccccc2n1. The molecule has 5 rings (SSSR count). The molecule has 0 atom stereocenters. The smallest absolute Gasteiger partial charge is 0.280 e. The summed E-state index contributed by atoms with van der Waals surface area (Å²) in [6.45, 7) is 0. The number of para-hydroxylation sites is 1. The number of nitrogens with one attached hydrogen (secondary N) is 1. The Kier molecular flexibility index (Phi) is 3.44. The highest BCUT2D eigenvalue weighted by Crippen LogP contribution is 2.37. The van der Waals surface area contributed by atoms with Gasteiger partial charge in [-0.3, -0.25) is 0 Å². The van der Waals surface area contributed by atoms with E-state index in [4.69, 9.17) is 8.94 Å². The highest BCUT2D eigenvalue weighted by molar-refractivity contribution is 5.94. The van der Waals surface area contributed by atoms with E-state index in [-0.39, 0.29) is 0 Å². The van der Waals surface area contributed by atoms with Crippen molar-refractivity contribution in [3.05, 3.63) is 42.5 Å². The van der Waals surface area contributed by atoms with Crippen LogP contribution in [-0.4, -0.2) is 27.2 Å². The third-order valence-corrected chi connectivity index (χ3v) is 4.83. The summed E-state index contributed by atoms with van der Waals surface area (Å²) in [7, 11) is 1.83. The van der Waals surface area contributed by atoms with Crippen molar-refractivity contribution in [2.24, 2.45) is 0 Å². The van der Waals surface area contributed by atoms with Crippen LogP contribution >= 0.6 is 0 Å². The van der Waals surface area contributed by atoms with E-state index in [0.717, 1.165) is 41.0 Å². The Morgan fingerprint density at radius 2 is 2.00 bits per heavy atom. The summed E-state index contributed by atoms with van der Waals surface area (Å²) in [5.74, 6) is 2.80. The molecule has 7 heteroatoms. The molecular formula is C19H17N5O2. The van der Waals surface area contributed by atoms with E-state index < -0.39 is 0 Å². The number of fused-ring (bicyclic) bond motifs is 1. The number of aromatic nitrogens is 4. The molecule has 1 aliphatic carbocycles. The van der Waals surface area contributed by atoms with Crippen LogP contribution in [-0.2, 0) is 0 Å². The van der Waals surface area contributed by atoms with Crippen molar-refractivity contribution in [3.8, 4) is 23.0 Å². The lowest BCUT2D eigenvalue weighted by Crippen LogP contribution is -2.08. The molecular weight excluding hydrogens is 330 g/mol. The molecule has 0 aliphatic heterocycles. The average molecular weight is 347 g/mol. The molecule has 0 saturated heterocycles. The summed E-state index contributed by atoms with van der Waals surface area (Å²) < 4.78 is 11.0. The molecule has 0 bridgehead atoms. The molecule has 4 aromatic rings. The zero-order valence-corrected chi connectivity index (χ0v) is 14.3. The van der Waals surface area contributed by atoms with Crippen LogP contribution in [0.5, 0.6) is 0 Å². The van der Waals surface area contributed by atoms with E-state index in [2.05, 4.69) is 25.4 Å². The second-order valence-electron chi connectivity index (χ2n) is 6.44. The molecule has 0 radical (unpaired) electrons. The van der Waals surface area contributed by atoms with Gasteiger partial charge in [-0.15, -0.1) is 0 Å². The number of benzene rings is 1. The van der Waals surface area contributed by atoms with Crippen molar-refractivity contribution in [2.75, 3.05) is 12.4 Å². The van der Waals surface area contributed by atoms with Gasteiger partial charge in [0, 0.05) is 23.9 Å². The lowest BCUT2D eigenvalue weighted by atomic mass is 9.85. The Balaban J connectivity index is 1.56. The normalized spacial score (nSPS) is 14.5. The van der Waals surface area contributed by atoms with Crippen molar-refractivity contribution >= 4 is 16.7 Å². The first kappa shape index (κ1) is 15.1. The molecule has 1 saturated carbocycles. The van der Waals surface area contributed by atoms with Gasteiger partial charge in [0.15, 0.2) is 11.6 Å². The topological polar surface area (TPSA) is 89.9 Å². The molecule has 1 aromatic carbocycles. The fraction of sp³-hybridized carbons (Fsp3) is 0.263. The van der Waals surface area contributed by atoms with Crippen LogP contribution in [0.4, 0.5) is 5.82 Å². The lowest BCUT2D eigenvalue weighted by molar-refractivity contribution is 0.335. The highest BCUT2D eigenvalue weighted by atomic mass is 16.5. The molecule has 0 amide bonds. The number of pyridine rings is 1. The van der Waals surface area contributed by atoms with E-state index >= 15 is 0 Å². The highest BCUT2D eigenvalue weighted by Gasteiger charge is 2.26. The maximum Gasteiger partial charge on any atom is 0.280 e. The van der Waals surface area contributed by atoms with E-state index in [1.54, 1.807) is 6.26 Å². The van der Waals surface area contributed by atoms with Crippen LogP contribution in [0.3, 0.4) is 0 Å². The molecule has 1 N–H and O–H groups in total. The fourth-order valence-corrected chi connectivity index (χ4v) is 3.15. The quantitative estimate of drug-likeness (QED) is 0.590. The Morgan fingerprint density at radius 1 is 1.12 bits per heavy atom. The van der Waals surface area contributed by atoms with Gasteiger partial charge in [0.2, 0.25) is 5.82 Å². The van der Waals surface area contributed by atoms with Crippen molar-refractivity contribution in [1.82, 2.24) is 20.1 Å². The minimum absolute atomic E-state index is 0.362. The second kappa shape index (κ2) is 5.94. The summed E-state index contributed by atoms with van der Waals surface area (Å²) in [5.41, 5.74) is 2.31. The van der Waals surface area contributed by atoms with E-state index in [9.17, 15) is 0 Å². The standard InChI is InChI=1S/C19H17N5O2/c1-20-16-9-13(12-7-2-3-8-14(12)21-16)17-23-19(26-24-17)15-10-25-18(22-15)11-5-4-6-11/h2-3,7-11H,4-6H2,1H3,(H,20,21). The predicted octanol–water partition coefficient (Wildman–Crippen LogP) is 4.25. The lowest BCUT2D eigenvalue weighted by Gasteiger charge is -2.21. The number of anilines is 1. The van der Waals surface area contributed by atoms with Gasteiger partial charge in [-0.1, -0.05) is 29.8 Å². The molecule has 1 aliphatic rings. The summed E-state index contributed by atoms with van der Waals surface area (Å²) in [6.07, 6.45) is 5.08. The molecule has 1 fully saturated rings. The molecule has 0 spiro atoms. The zero-order chi connectivity index (χ0) is 17.5. The summed E-state index contributed by atoms with van der Waals surface area (Å²) in [5, 5.41) is 8.19. The molecule has 26 heavy (non-hydrogen) atoms. The van der Waals surface area contributed by atoms with Crippen LogP contribution in [0.25, 0.3) is 33.9 Å². The third kappa shape index (κ3) is 2.44. The predicted molar refractivity (Wildman–Crippen MR) is 96.7 cm³/mol. The third-order valence-electron chi connectivity index (χ3n) is 4.83. The number of hydrogen-bond acceptors (Lipinski definition) is 7. The van der Waals surface area contributed by atoms with E-state index in [1.807, 2.05) is 37.4 Å². The van der Waals surface area contributed by atoms with Gasteiger partial charge in [-0.25, -0.2) is 9.97 Å². The Labute approximate surface area is 149 Å². The minimum Gasteiger partial charge on any atom is -0.448 e. The zero-order valence-electron chi connectivity index (χ0n) is 14.3. The number of hydrogen-bond donors (Lipinski definition) is 1. The Bertz CT molecular complexity index is 1080. The van der Waals surface area contributed by atoms with Gasteiger partial charge >= 0.3 is 0 Å². The van der Waals surface area contributed by atoms with Crippen LogP contribution in [0.2, 0.25) is 0 Å². The van der Waals surface area contributed by atoms with Crippen molar-refractivity contribution in [1.29, 1.82) is 0 Å². The van der Waals surface area contributed by atoms with Crippen LogP contribution in [0, 0.1) is 0 Å². The summed E-state index contributed by atoms with van der Waals surface area (Å²) >= 11 is 0. The number of rotatable bonds is 4. The molecule has 130 valence electrons. The molecule has 0 unspecified atom stereocenters. The summed E-state index contributed by atoms with van der Waals surface area (Å²) in [4.78, 5) is 13.6. The fourth-order valence-electron chi connectivity index (χ4n) is 3.15. The Hall–Kier alpha value is -3.22. The monoisotopic (exact) mass is 347 g/mol. The van der Waals surface area contributed by atoms with Crippen molar-refractivity contribution in [3.63, 3.8) is 0 Å². The maximum atomic E-state index is 5.59. The Morgan fingerprint density at radius 3 is 2.81 bits per heavy atom.